The zero-order valence-electron chi connectivity index (χ0n) is 14.7. The third kappa shape index (κ3) is 4.35. The molecule has 0 amide bonds. The second kappa shape index (κ2) is 8.28. The number of rotatable bonds is 7. The van der Waals surface area contributed by atoms with Gasteiger partial charge in [0.25, 0.3) is 5.91 Å². The van der Waals surface area contributed by atoms with Crippen LogP contribution in [0.15, 0.2) is 36.9 Å². The molecule has 0 atom stereocenters. The number of allylic oxidation sites excluding steroid dienone is 1. The number of nitrogens with zero attached hydrogens (tertiary/aromatic N) is 2. The number of ether oxygens (including phenoxy) is 2. The monoisotopic (exact) mass is 342 g/mol. The molecule has 0 N–H and O–H groups in total. The van der Waals surface area contributed by atoms with Crippen molar-refractivity contribution in [3.8, 4) is 5.75 Å². The first-order valence-corrected chi connectivity index (χ1v) is 8.07. The van der Waals surface area contributed by atoms with E-state index in [4.69, 9.17) is 9.47 Å². The molecule has 2 rings (SSSR count). The Labute approximate surface area is 147 Å². The van der Waals surface area contributed by atoms with E-state index in [1.165, 1.54) is 4.68 Å². The Morgan fingerprint density at radius 1 is 1.24 bits per heavy atom. The van der Waals surface area contributed by atoms with Gasteiger partial charge in [0.1, 0.15) is 5.75 Å². The van der Waals surface area contributed by atoms with Gasteiger partial charge in [-0.25, -0.2) is 9.48 Å². The van der Waals surface area contributed by atoms with Crippen LogP contribution in [-0.4, -0.2) is 34.9 Å². The summed E-state index contributed by atoms with van der Waals surface area (Å²) in [7, 11) is 0. The highest BCUT2D eigenvalue weighted by molar-refractivity contribution is 5.89. The van der Waals surface area contributed by atoms with Crippen LogP contribution in [0.3, 0.4) is 0 Å². The lowest BCUT2D eigenvalue weighted by atomic mass is 10.1. The fourth-order valence-electron chi connectivity index (χ4n) is 2.47. The van der Waals surface area contributed by atoms with E-state index in [2.05, 4.69) is 11.7 Å². The molecule has 0 aliphatic rings. The summed E-state index contributed by atoms with van der Waals surface area (Å²) in [6, 6.07) is 6.46. The molecule has 0 saturated carbocycles. The maximum absolute atomic E-state index is 12.3. The van der Waals surface area contributed by atoms with Crippen LogP contribution in [-0.2, 0) is 11.2 Å². The maximum atomic E-state index is 12.3. The van der Waals surface area contributed by atoms with Crippen molar-refractivity contribution in [1.29, 1.82) is 0 Å². The Morgan fingerprint density at radius 3 is 2.52 bits per heavy atom. The molecule has 0 radical (unpaired) electrons. The normalized spacial score (nSPS) is 10.4. The van der Waals surface area contributed by atoms with Gasteiger partial charge in [-0.2, -0.15) is 5.10 Å². The number of esters is 1. The van der Waals surface area contributed by atoms with E-state index in [0.29, 0.717) is 24.3 Å². The minimum atomic E-state index is -0.387. The van der Waals surface area contributed by atoms with E-state index in [1.807, 2.05) is 13.8 Å². The summed E-state index contributed by atoms with van der Waals surface area (Å²) in [6.07, 6.45) is 2.45. The topological polar surface area (TPSA) is 70.4 Å². The lowest BCUT2D eigenvalue weighted by Gasteiger charge is -2.08. The molecule has 0 aliphatic heterocycles. The van der Waals surface area contributed by atoms with Crippen LogP contribution < -0.4 is 4.74 Å². The summed E-state index contributed by atoms with van der Waals surface area (Å²) in [5, 5.41) is 4.28. The second-order valence-electron chi connectivity index (χ2n) is 5.48. The molecule has 6 heteroatoms. The third-order valence-corrected chi connectivity index (χ3v) is 3.75. The first-order chi connectivity index (χ1) is 12.0. The molecule has 0 spiro atoms. The van der Waals surface area contributed by atoms with Crippen molar-refractivity contribution in [1.82, 2.24) is 9.78 Å². The van der Waals surface area contributed by atoms with Crippen LogP contribution >= 0.6 is 0 Å². The van der Waals surface area contributed by atoms with Gasteiger partial charge < -0.3 is 9.47 Å². The van der Waals surface area contributed by atoms with Gasteiger partial charge in [-0.3, -0.25) is 4.79 Å². The van der Waals surface area contributed by atoms with Crippen LogP contribution in [0.5, 0.6) is 5.75 Å². The van der Waals surface area contributed by atoms with Crippen molar-refractivity contribution >= 4 is 11.9 Å². The SMILES string of the molecule is C=CCc1c(C)nn(C(=O)COc2ccc(C(=O)OCC)cc2)c1C. The highest BCUT2D eigenvalue weighted by atomic mass is 16.5. The summed E-state index contributed by atoms with van der Waals surface area (Å²) in [6.45, 7) is 9.36. The van der Waals surface area contributed by atoms with E-state index in [-0.39, 0.29) is 18.5 Å². The van der Waals surface area contributed by atoms with E-state index < -0.39 is 0 Å². The summed E-state index contributed by atoms with van der Waals surface area (Å²) in [5.41, 5.74) is 3.04. The van der Waals surface area contributed by atoms with Gasteiger partial charge in [-0.05, 0) is 51.5 Å². The van der Waals surface area contributed by atoms with Crippen LogP contribution in [0.4, 0.5) is 0 Å². The fraction of sp³-hybridized carbons (Fsp3) is 0.316. The molecule has 1 heterocycles. The molecule has 0 unspecified atom stereocenters. The zero-order valence-corrected chi connectivity index (χ0v) is 14.7. The number of aromatic nitrogens is 2. The van der Waals surface area contributed by atoms with Gasteiger partial charge >= 0.3 is 5.97 Å². The minimum Gasteiger partial charge on any atom is -0.484 e. The molecule has 25 heavy (non-hydrogen) atoms. The fourth-order valence-corrected chi connectivity index (χ4v) is 2.47. The molecule has 1 aromatic heterocycles. The first-order valence-electron chi connectivity index (χ1n) is 8.07. The first kappa shape index (κ1) is 18.4. The van der Waals surface area contributed by atoms with Gasteiger partial charge in [0.15, 0.2) is 6.61 Å². The van der Waals surface area contributed by atoms with Gasteiger partial charge in [0.2, 0.25) is 0 Å². The Hall–Kier alpha value is -2.89. The van der Waals surface area contributed by atoms with Crippen LogP contribution in [0.1, 0.15) is 39.0 Å². The minimum absolute atomic E-state index is 0.145. The summed E-state index contributed by atoms with van der Waals surface area (Å²) < 4.78 is 11.8. The van der Waals surface area contributed by atoms with Gasteiger partial charge in [0, 0.05) is 11.3 Å². The van der Waals surface area contributed by atoms with Crippen molar-refractivity contribution in [2.45, 2.75) is 27.2 Å². The van der Waals surface area contributed by atoms with Gasteiger partial charge in [0.05, 0.1) is 17.9 Å². The van der Waals surface area contributed by atoms with Crippen molar-refractivity contribution in [2.24, 2.45) is 0 Å². The Balaban J connectivity index is 2.01. The largest absolute Gasteiger partial charge is 0.484 e. The predicted molar refractivity (Wildman–Crippen MR) is 94.1 cm³/mol. The van der Waals surface area contributed by atoms with Crippen LogP contribution in [0.25, 0.3) is 0 Å². The number of carbonyl (C=O) groups is 2. The molecular formula is C19H22N2O4. The summed E-state index contributed by atoms with van der Waals surface area (Å²) in [4.78, 5) is 23.9. The van der Waals surface area contributed by atoms with Crippen molar-refractivity contribution in [2.75, 3.05) is 13.2 Å². The molecule has 2 aromatic rings. The molecule has 0 bridgehead atoms. The van der Waals surface area contributed by atoms with Crippen LogP contribution in [0, 0.1) is 13.8 Å². The third-order valence-electron chi connectivity index (χ3n) is 3.75. The zero-order chi connectivity index (χ0) is 18.4. The number of hydrogen-bond acceptors (Lipinski definition) is 5. The standard InChI is InChI=1S/C19H22N2O4/c1-5-7-17-13(3)20-21(14(17)4)18(22)12-25-16-10-8-15(9-11-16)19(23)24-6-2/h5,8-11H,1,6-7,12H2,2-4H3. The molecule has 0 aliphatic carbocycles. The van der Waals surface area contributed by atoms with Crippen LogP contribution in [0.2, 0.25) is 0 Å². The Kier molecular flexibility index (Phi) is 6.11. The van der Waals surface area contributed by atoms with Crippen molar-refractivity contribution < 1.29 is 19.1 Å². The summed E-state index contributed by atoms with van der Waals surface area (Å²) >= 11 is 0. The second-order valence-corrected chi connectivity index (χ2v) is 5.48. The van der Waals surface area contributed by atoms with E-state index >= 15 is 0 Å². The van der Waals surface area contributed by atoms with Gasteiger partial charge in [-0.1, -0.05) is 6.08 Å². The lowest BCUT2D eigenvalue weighted by molar-refractivity contribution is 0.0526. The summed E-state index contributed by atoms with van der Waals surface area (Å²) in [5.74, 6) is -0.151. The van der Waals surface area contributed by atoms with E-state index in [0.717, 1.165) is 17.0 Å². The van der Waals surface area contributed by atoms with E-state index in [9.17, 15) is 9.59 Å². The van der Waals surface area contributed by atoms with Crippen molar-refractivity contribution in [3.05, 3.63) is 59.4 Å². The Morgan fingerprint density at radius 2 is 1.92 bits per heavy atom. The number of hydrogen-bond donors (Lipinski definition) is 0. The lowest BCUT2D eigenvalue weighted by Crippen LogP contribution is -2.21. The Bertz CT molecular complexity index is 775. The average molecular weight is 342 g/mol. The maximum Gasteiger partial charge on any atom is 0.338 e. The molecule has 0 saturated heterocycles. The number of benzene rings is 1. The number of carbonyl (C=O) groups excluding carboxylic acids is 2. The molecule has 6 nitrogen and oxygen atoms in total. The smallest absolute Gasteiger partial charge is 0.338 e. The molecular weight excluding hydrogens is 320 g/mol. The molecule has 132 valence electrons. The van der Waals surface area contributed by atoms with Gasteiger partial charge in [-0.15, -0.1) is 6.58 Å². The molecule has 1 aromatic carbocycles. The highest BCUT2D eigenvalue weighted by Gasteiger charge is 2.16. The highest BCUT2D eigenvalue weighted by Crippen LogP contribution is 2.16. The number of aryl methyl sites for hydroxylation is 1. The van der Waals surface area contributed by atoms with Crippen molar-refractivity contribution in [3.63, 3.8) is 0 Å². The predicted octanol–water partition coefficient (Wildman–Crippen LogP) is 3.12. The molecule has 0 fully saturated rings. The van der Waals surface area contributed by atoms with E-state index in [1.54, 1.807) is 37.3 Å². The average Bonchev–Trinajstić information content (AvgIpc) is 2.89. The quantitative estimate of drug-likeness (QED) is 0.571.